The van der Waals surface area contributed by atoms with Gasteiger partial charge in [-0.2, -0.15) is 10.2 Å². The highest BCUT2D eigenvalue weighted by atomic mass is 16.5. The van der Waals surface area contributed by atoms with E-state index in [2.05, 4.69) is 22.3 Å². The van der Waals surface area contributed by atoms with Gasteiger partial charge in [-0.1, -0.05) is 36.8 Å². The predicted octanol–water partition coefficient (Wildman–Crippen LogP) is 3.10. The lowest BCUT2D eigenvalue weighted by Gasteiger charge is -2.35. The molecule has 1 fully saturated rings. The van der Waals surface area contributed by atoms with Crippen molar-refractivity contribution in [2.24, 2.45) is 22.0 Å². The molecule has 0 radical (unpaired) electrons. The Kier molecular flexibility index (Phi) is 6.04. The number of nitrogens with zero attached hydrogens (tertiary/aromatic N) is 3. The number of hydrogen-bond donors (Lipinski definition) is 1. The average Bonchev–Trinajstić information content (AvgIpc) is 2.65. The zero-order chi connectivity index (χ0) is 18.5. The van der Waals surface area contributed by atoms with E-state index in [1.165, 1.54) is 12.0 Å². The van der Waals surface area contributed by atoms with Gasteiger partial charge >= 0.3 is 6.09 Å². The molecule has 6 nitrogen and oxygen atoms in total. The van der Waals surface area contributed by atoms with Crippen LogP contribution >= 0.6 is 0 Å². The van der Waals surface area contributed by atoms with E-state index < -0.39 is 0 Å². The molecule has 0 spiro atoms. The second-order valence-electron chi connectivity index (χ2n) is 7.14. The van der Waals surface area contributed by atoms with Crippen LogP contribution in [-0.2, 0) is 4.74 Å². The molecule has 0 saturated heterocycles. The Hall–Kier alpha value is -2.21. The molecule has 1 aliphatic carbocycles. The molecule has 1 saturated carbocycles. The molecule has 26 heavy (non-hydrogen) atoms. The maximum atomic E-state index is 11.8. The summed E-state index contributed by atoms with van der Waals surface area (Å²) in [7, 11) is 3.08. The van der Waals surface area contributed by atoms with Crippen LogP contribution in [0.5, 0.6) is 0 Å². The van der Waals surface area contributed by atoms with Crippen molar-refractivity contribution in [1.82, 2.24) is 4.90 Å². The number of methoxy groups -OCH3 is 1. The standard InChI is InChI=1S/C20H27N3O3/c1-23(20(25)26-2)13-18-16-12-11-15(24)9-6-10-17(16)19(22-21-18)14-7-4-3-5-8-14/h3-5,7-8,15-17,24H,6,9-13H2,1-2H3. The summed E-state index contributed by atoms with van der Waals surface area (Å²) < 4.78 is 4.80. The molecule has 1 aromatic carbocycles. The molecule has 3 atom stereocenters. The third kappa shape index (κ3) is 4.12. The van der Waals surface area contributed by atoms with E-state index in [-0.39, 0.29) is 24.0 Å². The molecular formula is C20H27N3O3. The van der Waals surface area contributed by atoms with E-state index in [1.807, 2.05) is 18.2 Å². The molecule has 140 valence electrons. The van der Waals surface area contributed by atoms with E-state index in [0.717, 1.165) is 49.1 Å². The van der Waals surface area contributed by atoms with Gasteiger partial charge in [-0.05, 0) is 31.2 Å². The third-order valence-corrected chi connectivity index (χ3v) is 5.37. The van der Waals surface area contributed by atoms with E-state index in [4.69, 9.17) is 4.74 Å². The smallest absolute Gasteiger partial charge is 0.409 e. The number of carbonyl (C=O) groups is 1. The third-order valence-electron chi connectivity index (χ3n) is 5.37. The second kappa shape index (κ2) is 8.45. The van der Waals surface area contributed by atoms with E-state index in [1.54, 1.807) is 7.05 Å². The van der Waals surface area contributed by atoms with E-state index in [0.29, 0.717) is 6.54 Å². The molecule has 6 heteroatoms. The fourth-order valence-corrected chi connectivity index (χ4v) is 3.98. The highest BCUT2D eigenvalue weighted by molar-refractivity contribution is 6.07. The number of carbonyl (C=O) groups excluding carboxylic acids is 1. The molecule has 3 unspecified atom stereocenters. The van der Waals surface area contributed by atoms with E-state index >= 15 is 0 Å². The number of fused-ring (bicyclic) bond motifs is 1. The molecule has 1 aromatic rings. The first-order chi connectivity index (χ1) is 12.6. The van der Waals surface area contributed by atoms with Crippen molar-refractivity contribution in [3.05, 3.63) is 35.9 Å². The quantitative estimate of drug-likeness (QED) is 0.903. The van der Waals surface area contributed by atoms with Crippen molar-refractivity contribution < 1.29 is 14.6 Å². The summed E-state index contributed by atoms with van der Waals surface area (Å²) in [5.41, 5.74) is 3.03. The Morgan fingerprint density at radius 2 is 1.92 bits per heavy atom. The van der Waals surface area contributed by atoms with Crippen molar-refractivity contribution in [2.45, 2.75) is 38.2 Å². The van der Waals surface area contributed by atoms with Gasteiger partial charge in [-0.15, -0.1) is 0 Å². The molecular weight excluding hydrogens is 330 g/mol. The number of rotatable bonds is 3. The molecule has 0 bridgehead atoms. The Bertz CT molecular complexity index is 687. The number of hydrogen-bond acceptors (Lipinski definition) is 5. The minimum atomic E-state index is -0.382. The van der Waals surface area contributed by atoms with Gasteiger partial charge in [0.25, 0.3) is 0 Å². The van der Waals surface area contributed by atoms with Gasteiger partial charge in [-0.25, -0.2) is 4.79 Å². The first-order valence-electron chi connectivity index (χ1n) is 9.27. The Balaban J connectivity index is 1.91. The fraction of sp³-hybridized carbons (Fsp3) is 0.550. The summed E-state index contributed by atoms with van der Waals surface area (Å²) in [4.78, 5) is 13.3. The summed E-state index contributed by atoms with van der Waals surface area (Å²) in [6.45, 7) is 0.398. The number of aliphatic hydroxyl groups excluding tert-OH is 1. The topological polar surface area (TPSA) is 74.5 Å². The Morgan fingerprint density at radius 1 is 1.15 bits per heavy atom. The Morgan fingerprint density at radius 3 is 2.65 bits per heavy atom. The van der Waals surface area contributed by atoms with Gasteiger partial charge in [0.2, 0.25) is 0 Å². The van der Waals surface area contributed by atoms with Crippen LogP contribution in [0.1, 0.15) is 37.7 Å². The summed E-state index contributed by atoms with van der Waals surface area (Å²) in [6.07, 6.45) is 3.74. The highest BCUT2D eigenvalue weighted by Gasteiger charge is 2.36. The molecule has 1 aliphatic heterocycles. The largest absolute Gasteiger partial charge is 0.453 e. The molecule has 0 aromatic heterocycles. The van der Waals surface area contributed by atoms with Crippen LogP contribution in [0, 0.1) is 11.8 Å². The zero-order valence-electron chi connectivity index (χ0n) is 15.5. The van der Waals surface area contributed by atoms with Crippen LogP contribution < -0.4 is 0 Å². The van der Waals surface area contributed by atoms with Crippen molar-refractivity contribution in [3.63, 3.8) is 0 Å². The number of ether oxygens (including phenoxy) is 1. The lowest BCUT2D eigenvalue weighted by molar-refractivity contribution is 0.129. The lowest BCUT2D eigenvalue weighted by atomic mass is 9.74. The minimum Gasteiger partial charge on any atom is -0.453 e. The minimum absolute atomic E-state index is 0.185. The second-order valence-corrected chi connectivity index (χ2v) is 7.14. The van der Waals surface area contributed by atoms with Gasteiger partial charge in [0, 0.05) is 18.9 Å². The summed E-state index contributed by atoms with van der Waals surface area (Å²) in [6, 6.07) is 10.2. The SMILES string of the molecule is COC(=O)N(C)CC1=NN=C(c2ccccc2)C2CCCC(O)CCC12. The van der Waals surface area contributed by atoms with Crippen molar-refractivity contribution in [3.8, 4) is 0 Å². The first kappa shape index (κ1) is 18.6. The summed E-state index contributed by atoms with van der Waals surface area (Å²) in [5, 5.41) is 19.2. The van der Waals surface area contributed by atoms with Crippen LogP contribution in [0.25, 0.3) is 0 Å². The van der Waals surface area contributed by atoms with Crippen molar-refractivity contribution in [1.29, 1.82) is 0 Å². The summed E-state index contributed by atoms with van der Waals surface area (Å²) >= 11 is 0. The van der Waals surface area contributed by atoms with E-state index in [9.17, 15) is 9.90 Å². The highest BCUT2D eigenvalue weighted by Crippen LogP contribution is 2.35. The zero-order valence-corrected chi connectivity index (χ0v) is 15.5. The van der Waals surface area contributed by atoms with Crippen LogP contribution in [0.4, 0.5) is 4.79 Å². The van der Waals surface area contributed by atoms with Crippen LogP contribution in [-0.4, -0.2) is 54.3 Å². The average molecular weight is 357 g/mol. The summed E-state index contributed by atoms with van der Waals surface area (Å²) in [5.74, 6) is 0.452. The predicted molar refractivity (Wildman–Crippen MR) is 102 cm³/mol. The van der Waals surface area contributed by atoms with Crippen LogP contribution in [0.2, 0.25) is 0 Å². The number of benzene rings is 1. The van der Waals surface area contributed by atoms with Crippen LogP contribution in [0.15, 0.2) is 40.5 Å². The normalized spacial score (nSPS) is 25.9. The van der Waals surface area contributed by atoms with Gasteiger partial charge in [0.15, 0.2) is 0 Å². The van der Waals surface area contributed by atoms with Gasteiger partial charge in [0.05, 0.1) is 31.2 Å². The van der Waals surface area contributed by atoms with Gasteiger partial charge in [0.1, 0.15) is 0 Å². The number of aliphatic hydroxyl groups is 1. The van der Waals surface area contributed by atoms with Gasteiger partial charge < -0.3 is 14.7 Å². The molecule has 1 heterocycles. The fourth-order valence-electron chi connectivity index (χ4n) is 3.98. The first-order valence-corrected chi connectivity index (χ1v) is 9.27. The molecule has 2 aliphatic rings. The van der Waals surface area contributed by atoms with Crippen LogP contribution in [0.3, 0.4) is 0 Å². The number of amides is 1. The van der Waals surface area contributed by atoms with Crippen molar-refractivity contribution in [2.75, 3.05) is 20.7 Å². The maximum Gasteiger partial charge on any atom is 0.409 e. The molecule has 1 amide bonds. The van der Waals surface area contributed by atoms with Crippen molar-refractivity contribution >= 4 is 17.5 Å². The lowest BCUT2D eigenvalue weighted by Crippen LogP contribution is -2.41. The monoisotopic (exact) mass is 357 g/mol. The maximum absolute atomic E-state index is 11.8. The van der Waals surface area contributed by atoms with Gasteiger partial charge in [-0.3, -0.25) is 0 Å². The molecule has 1 N–H and O–H groups in total. The Labute approximate surface area is 154 Å². The molecule has 3 rings (SSSR count).